The fourth-order valence-corrected chi connectivity index (χ4v) is 4.22. The Kier molecular flexibility index (Phi) is 4.92. The molecule has 1 N–H and O–H groups in total. The molecule has 0 bridgehead atoms. The SMILES string of the molecule is Cc1ccc(C(=O)N2CCN(S(=O)(=O)c3ccc(F)cc3)CC2)c(=O)[nH]1. The minimum absolute atomic E-state index is 0.00801. The van der Waals surface area contributed by atoms with Crippen LogP contribution in [-0.2, 0) is 10.0 Å². The van der Waals surface area contributed by atoms with Crippen molar-refractivity contribution in [1.82, 2.24) is 14.2 Å². The van der Waals surface area contributed by atoms with Crippen LogP contribution < -0.4 is 5.56 Å². The molecule has 7 nitrogen and oxygen atoms in total. The monoisotopic (exact) mass is 379 g/mol. The van der Waals surface area contributed by atoms with Gasteiger partial charge in [-0.3, -0.25) is 9.59 Å². The molecule has 2 heterocycles. The molecule has 0 radical (unpaired) electrons. The summed E-state index contributed by atoms with van der Waals surface area (Å²) in [4.78, 5) is 28.5. The molecule has 0 aliphatic carbocycles. The standard InChI is InChI=1S/C17H18FN3O4S/c1-12-2-7-15(16(22)19-12)17(23)20-8-10-21(11-9-20)26(24,25)14-5-3-13(18)4-6-14/h2-7H,8-11H2,1H3,(H,19,22). The average Bonchev–Trinajstić information content (AvgIpc) is 2.62. The van der Waals surface area contributed by atoms with Gasteiger partial charge in [-0.15, -0.1) is 0 Å². The van der Waals surface area contributed by atoms with Crippen molar-refractivity contribution >= 4 is 15.9 Å². The van der Waals surface area contributed by atoms with Crippen molar-refractivity contribution in [2.45, 2.75) is 11.8 Å². The molecule has 0 spiro atoms. The Labute approximate surface area is 150 Å². The number of rotatable bonds is 3. The third kappa shape index (κ3) is 3.54. The van der Waals surface area contributed by atoms with Crippen molar-refractivity contribution in [3.8, 4) is 0 Å². The fraction of sp³-hybridized carbons (Fsp3) is 0.294. The molecule has 1 aliphatic rings. The number of amides is 1. The minimum Gasteiger partial charge on any atom is -0.336 e. The van der Waals surface area contributed by atoms with E-state index in [2.05, 4.69) is 4.98 Å². The normalized spacial score (nSPS) is 15.8. The highest BCUT2D eigenvalue weighted by Gasteiger charge is 2.31. The summed E-state index contributed by atoms with van der Waals surface area (Å²) in [6, 6.07) is 7.73. The van der Waals surface area contributed by atoms with Crippen LogP contribution in [0.15, 0.2) is 46.1 Å². The van der Waals surface area contributed by atoms with Gasteiger partial charge in [-0.1, -0.05) is 0 Å². The lowest BCUT2D eigenvalue weighted by Gasteiger charge is -2.33. The van der Waals surface area contributed by atoms with Gasteiger partial charge in [-0.2, -0.15) is 4.31 Å². The summed E-state index contributed by atoms with van der Waals surface area (Å²) in [7, 11) is -3.75. The smallest absolute Gasteiger partial charge is 0.260 e. The fourth-order valence-electron chi connectivity index (χ4n) is 2.80. The first-order valence-corrected chi connectivity index (χ1v) is 9.48. The zero-order valence-electron chi connectivity index (χ0n) is 14.1. The Morgan fingerprint density at radius 2 is 1.65 bits per heavy atom. The van der Waals surface area contributed by atoms with E-state index in [4.69, 9.17) is 0 Å². The molecular formula is C17H18FN3O4S. The number of aryl methyl sites for hydroxylation is 1. The van der Waals surface area contributed by atoms with E-state index in [-0.39, 0.29) is 36.6 Å². The van der Waals surface area contributed by atoms with Crippen molar-refractivity contribution < 1.29 is 17.6 Å². The molecule has 1 saturated heterocycles. The Balaban J connectivity index is 1.71. The van der Waals surface area contributed by atoms with Crippen LogP contribution in [0, 0.1) is 12.7 Å². The van der Waals surface area contributed by atoms with Crippen molar-refractivity contribution in [1.29, 1.82) is 0 Å². The van der Waals surface area contributed by atoms with Gasteiger partial charge in [0, 0.05) is 31.9 Å². The third-order valence-corrected chi connectivity index (χ3v) is 6.18. The number of carbonyl (C=O) groups is 1. The maximum absolute atomic E-state index is 13.0. The quantitative estimate of drug-likeness (QED) is 0.860. The summed E-state index contributed by atoms with van der Waals surface area (Å²) < 4.78 is 39.4. The van der Waals surface area contributed by atoms with Gasteiger partial charge >= 0.3 is 0 Å². The molecule has 1 aromatic heterocycles. The number of H-pyrrole nitrogens is 1. The largest absolute Gasteiger partial charge is 0.336 e. The maximum Gasteiger partial charge on any atom is 0.260 e. The molecule has 0 saturated carbocycles. The van der Waals surface area contributed by atoms with Gasteiger partial charge in [0.25, 0.3) is 11.5 Å². The Morgan fingerprint density at radius 3 is 2.23 bits per heavy atom. The van der Waals surface area contributed by atoms with Gasteiger partial charge in [-0.25, -0.2) is 12.8 Å². The average molecular weight is 379 g/mol. The van der Waals surface area contributed by atoms with Gasteiger partial charge in [0.1, 0.15) is 11.4 Å². The van der Waals surface area contributed by atoms with Crippen molar-refractivity contribution in [3.63, 3.8) is 0 Å². The maximum atomic E-state index is 13.0. The molecule has 1 aromatic carbocycles. The highest BCUT2D eigenvalue weighted by atomic mass is 32.2. The Morgan fingerprint density at radius 1 is 1.04 bits per heavy atom. The highest BCUT2D eigenvalue weighted by molar-refractivity contribution is 7.89. The zero-order chi connectivity index (χ0) is 18.9. The molecule has 0 unspecified atom stereocenters. The third-order valence-electron chi connectivity index (χ3n) is 4.26. The summed E-state index contributed by atoms with van der Waals surface area (Å²) in [5, 5.41) is 0. The molecule has 1 aliphatic heterocycles. The lowest BCUT2D eigenvalue weighted by atomic mass is 10.2. The van der Waals surface area contributed by atoms with Gasteiger partial charge in [0.05, 0.1) is 4.90 Å². The molecule has 2 aromatic rings. The summed E-state index contributed by atoms with van der Waals surface area (Å²) >= 11 is 0. The van der Waals surface area contributed by atoms with E-state index < -0.39 is 27.3 Å². The molecule has 9 heteroatoms. The predicted molar refractivity (Wildman–Crippen MR) is 92.9 cm³/mol. The van der Waals surface area contributed by atoms with Crippen LogP contribution in [-0.4, -0.2) is 54.7 Å². The molecule has 1 amide bonds. The van der Waals surface area contributed by atoms with Crippen LogP contribution in [0.2, 0.25) is 0 Å². The summed E-state index contributed by atoms with van der Waals surface area (Å²) in [6.07, 6.45) is 0. The first-order chi connectivity index (χ1) is 12.3. The molecule has 3 rings (SSSR count). The predicted octanol–water partition coefficient (Wildman–Crippen LogP) is 0.969. The number of piperazine rings is 1. The van der Waals surface area contributed by atoms with Crippen LogP contribution in [0.4, 0.5) is 4.39 Å². The van der Waals surface area contributed by atoms with Crippen LogP contribution in [0.1, 0.15) is 16.1 Å². The van der Waals surface area contributed by atoms with E-state index in [0.717, 1.165) is 12.1 Å². The number of halogens is 1. The number of aromatic nitrogens is 1. The van der Waals surface area contributed by atoms with Crippen LogP contribution in [0.5, 0.6) is 0 Å². The molecule has 0 atom stereocenters. The van der Waals surface area contributed by atoms with Gasteiger partial charge < -0.3 is 9.88 Å². The molecule has 1 fully saturated rings. The second-order valence-electron chi connectivity index (χ2n) is 6.03. The molecule has 26 heavy (non-hydrogen) atoms. The van der Waals surface area contributed by atoms with Crippen LogP contribution in [0.25, 0.3) is 0 Å². The number of benzene rings is 1. The lowest BCUT2D eigenvalue weighted by molar-refractivity contribution is 0.0696. The first kappa shape index (κ1) is 18.3. The number of sulfonamides is 1. The zero-order valence-corrected chi connectivity index (χ0v) is 14.9. The van der Waals surface area contributed by atoms with E-state index in [1.807, 2.05) is 0 Å². The van der Waals surface area contributed by atoms with E-state index in [1.165, 1.54) is 27.4 Å². The van der Waals surface area contributed by atoms with Crippen molar-refractivity contribution in [2.75, 3.05) is 26.2 Å². The van der Waals surface area contributed by atoms with Gasteiger partial charge in [-0.05, 0) is 43.3 Å². The number of carbonyl (C=O) groups excluding carboxylic acids is 1. The lowest BCUT2D eigenvalue weighted by Crippen LogP contribution is -2.51. The van der Waals surface area contributed by atoms with E-state index >= 15 is 0 Å². The Hall–Kier alpha value is -2.52. The topological polar surface area (TPSA) is 90.6 Å². The number of nitrogens with zero attached hydrogens (tertiary/aromatic N) is 2. The van der Waals surface area contributed by atoms with E-state index in [1.54, 1.807) is 13.0 Å². The summed E-state index contributed by atoms with van der Waals surface area (Å²) in [5.74, 6) is -0.937. The first-order valence-electron chi connectivity index (χ1n) is 8.04. The number of aromatic amines is 1. The van der Waals surface area contributed by atoms with E-state index in [0.29, 0.717) is 5.69 Å². The number of pyridine rings is 1. The van der Waals surface area contributed by atoms with Gasteiger partial charge in [0.15, 0.2) is 0 Å². The van der Waals surface area contributed by atoms with Crippen LogP contribution in [0.3, 0.4) is 0 Å². The molecule has 138 valence electrons. The second-order valence-corrected chi connectivity index (χ2v) is 7.97. The number of nitrogens with one attached hydrogen (secondary N) is 1. The summed E-state index contributed by atoms with van der Waals surface area (Å²) in [5.41, 5.74) is 0.226. The summed E-state index contributed by atoms with van der Waals surface area (Å²) in [6.45, 7) is 2.28. The number of hydrogen-bond acceptors (Lipinski definition) is 4. The second kappa shape index (κ2) is 7.00. The van der Waals surface area contributed by atoms with Crippen molar-refractivity contribution in [2.24, 2.45) is 0 Å². The Bertz CT molecular complexity index is 978. The van der Waals surface area contributed by atoms with Gasteiger partial charge in [0.2, 0.25) is 10.0 Å². The minimum atomic E-state index is -3.75. The number of hydrogen-bond donors (Lipinski definition) is 1. The van der Waals surface area contributed by atoms with Crippen molar-refractivity contribution in [3.05, 3.63) is 63.8 Å². The highest BCUT2D eigenvalue weighted by Crippen LogP contribution is 2.18. The molecular weight excluding hydrogens is 361 g/mol. The van der Waals surface area contributed by atoms with Crippen LogP contribution >= 0.6 is 0 Å². The van der Waals surface area contributed by atoms with E-state index in [9.17, 15) is 22.4 Å².